The van der Waals surface area contributed by atoms with Crippen LogP contribution in [0.2, 0.25) is 0 Å². The van der Waals surface area contributed by atoms with Crippen LogP contribution in [0.1, 0.15) is 27.7 Å². The molecule has 0 aromatic heterocycles. The molecule has 0 spiro atoms. The zero-order chi connectivity index (χ0) is 18.4. The van der Waals surface area contributed by atoms with Crippen molar-refractivity contribution in [2.24, 2.45) is 5.92 Å². The third-order valence-electron chi connectivity index (χ3n) is 3.94. The Kier molecular flexibility index (Phi) is 7.91. The van der Waals surface area contributed by atoms with Crippen molar-refractivity contribution in [3.05, 3.63) is 0 Å². The fourth-order valence-corrected chi connectivity index (χ4v) is 2.30. The number of hydrogen-bond acceptors (Lipinski definition) is 8. The van der Waals surface area contributed by atoms with Crippen molar-refractivity contribution in [1.82, 2.24) is 16.2 Å². The van der Waals surface area contributed by atoms with Gasteiger partial charge in [0.1, 0.15) is 12.2 Å². The number of aliphatic hydroxyl groups is 2. The number of carbonyl (C=O) groups is 3. The van der Waals surface area contributed by atoms with Gasteiger partial charge in [0, 0.05) is 6.92 Å². The van der Waals surface area contributed by atoms with Crippen molar-refractivity contribution >= 4 is 17.5 Å². The normalized spacial score (nSPS) is 26.2. The highest BCUT2D eigenvalue weighted by Gasteiger charge is 2.36. The van der Waals surface area contributed by atoms with Crippen LogP contribution < -0.4 is 16.2 Å². The minimum atomic E-state index is -0.902. The molecule has 5 atom stereocenters. The topological polar surface area (TPSA) is 137 Å². The molecule has 1 aliphatic heterocycles. The number of rotatable bonds is 9. The number of nitrogens with one attached hydrogen (secondary N) is 3. The van der Waals surface area contributed by atoms with E-state index in [1.165, 1.54) is 6.92 Å². The number of ketones is 2. The molecule has 1 amide bonds. The molecule has 1 saturated heterocycles. The van der Waals surface area contributed by atoms with E-state index >= 15 is 0 Å². The van der Waals surface area contributed by atoms with Gasteiger partial charge >= 0.3 is 0 Å². The molecule has 24 heavy (non-hydrogen) atoms. The lowest BCUT2D eigenvalue weighted by Crippen LogP contribution is -2.57. The quantitative estimate of drug-likeness (QED) is 0.236. The van der Waals surface area contributed by atoms with E-state index in [4.69, 9.17) is 9.84 Å². The number of hydrazine groups is 1. The van der Waals surface area contributed by atoms with Crippen LogP contribution in [0.3, 0.4) is 0 Å². The second-order valence-electron chi connectivity index (χ2n) is 6.31. The Labute approximate surface area is 141 Å². The third kappa shape index (κ3) is 5.32. The Balaban J connectivity index is 2.52. The number of aliphatic hydroxyl groups excluding tert-OH is 2. The van der Waals surface area contributed by atoms with Gasteiger partial charge in [-0.1, -0.05) is 13.8 Å². The second-order valence-corrected chi connectivity index (χ2v) is 6.31. The van der Waals surface area contributed by atoms with Gasteiger partial charge in [0.25, 0.3) is 0 Å². The predicted octanol–water partition coefficient (Wildman–Crippen LogP) is -2.11. The van der Waals surface area contributed by atoms with Gasteiger partial charge in [-0.05, 0) is 12.8 Å². The first-order valence-electron chi connectivity index (χ1n) is 7.95. The van der Waals surface area contributed by atoms with Crippen LogP contribution in [-0.2, 0) is 19.1 Å². The summed E-state index contributed by atoms with van der Waals surface area (Å²) < 4.78 is 5.19. The molecule has 138 valence electrons. The maximum atomic E-state index is 12.2. The fraction of sp³-hybridized carbons (Fsp3) is 0.800. The van der Waals surface area contributed by atoms with Gasteiger partial charge in [-0.3, -0.25) is 14.4 Å². The first kappa shape index (κ1) is 20.7. The van der Waals surface area contributed by atoms with Gasteiger partial charge in [-0.25, -0.2) is 10.9 Å². The predicted molar refractivity (Wildman–Crippen MR) is 84.8 cm³/mol. The third-order valence-corrected chi connectivity index (χ3v) is 3.94. The zero-order valence-electron chi connectivity index (χ0n) is 14.4. The first-order valence-corrected chi connectivity index (χ1v) is 7.95. The summed E-state index contributed by atoms with van der Waals surface area (Å²) in [6.45, 7) is 6.12. The second kappa shape index (κ2) is 9.19. The van der Waals surface area contributed by atoms with Crippen LogP contribution in [0, 0.1) is 5.92 Å². The van der Waals surface area contributed by atoms with E-state index in [0.717, 1.165) is 0 Å². The smallest absolute Gasteiger partial charge is 0.238 e. The Morgan fingerprint density at radius 1 is 1.25 bits per heavy atom. The van der Waals surface area contributed by atoms with Crippen molar-refractivity contribution in [2.75, 3.05) is 13.2 Å². The Morgan fingerprint density at radius 2 is 1.88 bits per heavy atom. The molecule has 0 radical (unpaired) electrons. The van der Waals surface area contributed by atoms with E-state index in [9.17, 15) is 19.5 Å². The van der Waals surface area contributed by atoms with E-state index in [-0.39, 0.29) is 19.1 Å². The molecule has 1 heterocycles. The lowest BCUT2D eigenvalue weighted by atomic mass is 9.97. The summed E-state index contributed by atoms with van der Waals surface area (Å²) in [4.78, 5) is 35.3. The summed E-state index contributed by atoms with van der Waals surface area (Å²) in [5.41, 5.74) is 5.51. The summed E-state index contributed by atoms with van der Waals surface area (Å²) in [5, 5.41) is 21.5. The summed E-state index contributed by atoms with van der Waals surface area (Å²) >= 11 is 0. The van der Waals surface area contributed by atoms with E-state index in [0.29, 0.717) is 0 Å². The number of carbonyl (C=O) groups excluding carboxylic acids is 3. The van der Waals surface area contributed by atoms with Crippen LogP contribution in [-0.4, -0.2) is 71.2 Å². The molecule has 0 aliphatic carbocycles. The van der Waals surface area contributed by atoms with Crippen molar-refractivity contribution in [1.29, 1.82) is 0 Å². The highest BCUT2D eigenvalue weighted by Crippen LogP contribution is 2.13. The monoisotopic (exact) mass is 345 g/mol. The van der Waals surface area contributed by atoms with Gasteiger partial charge in [0.2, 0.25) is 11.7 Å². The number of Topliss-reactive ketones (excluding diaryl/α,β-unsaturated/α-hetero) is 2. The Bertz CT molecular complexity index is 470. The van der Waals surface area contributed by atoms with Crippen LogP contribution in [0.4, 0.5) is 0 Å². The molecule has 1 aliphatic rings. The SMILES string of the molecule is CC(=O)C(=O)[C@@H](NC(=O)C(C)NN[C@@H]1CO[C@H](CO)C1O)C(C)C. The highest BCUT2D eigenvalue weighted by atomic mass is 16.5. The van der Waals surface area contributed by atoms with Gasteiger partial charge in [-0.2, -0.15) is 0 Å². The van der Waals surface area contributed by atoms with E-state index in [1.54, 1.807) is 20.8 Å². The van der Waals surface area contributed by atoms with Gasteiger partial charge in [0.05, 0.1) is 31.3 Å². The van der Waals surface area contributed by atoms with Gasteiger partial charge < -0.3 is 20.3 Å². The molecule has 0 bridgehead atoms. The van der Waals surface area contributed by atoms with E-state index < -0.39 is 47.8 Å². The van der Waals surface area contributed by atoms with Crippen molar-refractivity contribution < 1.29 is 29.3 Å². The molecule has 9 heteroatoms. The summed E-state index contributed by atoms with van der Waals surface area (Å²) in [6, 6.07) is -2.07. The summed E-state index contributed by atoms with van der Waals surface area (Å²) in [7, 11) is 0. The standard InChI is InChI=1S/C15H27N3O6/c1-7(2)12(13(21)9(4)20)16-15(23)8(3)17-18-10-6-24-11(5-19)14(10)22/h7-8,10-12,14,17-19,22H,5-6H2,1-4H3,(H,16,23)/t8?,10-,11-,12+,14?/m1/s1. The number of hydrogen-bond donors (Lipinski definition) is 5. The average Bonchev–Trinajstić information content (AvgIpc) is 2.88. The molecule has 0 aromatic rings. The molecule has 0 saturated carbocycles. The molecule has 0 aromatic carbocycles. The van der Waals surface area contributed by atoms with Crippen LogP contribution >= 0.6 is 0 Å². The maximum Gasteiger partial charge on any atom is 0.238 e. The molecule has 9 nitrogen and oxygen atoms in total. The van der Waals surface area contributed by atoms with E-state index in [1.807, 2.05) is 0 Å². The molecule has 1 fully saturated rings. The molecule has 1 rings (SSSR count). The Hall–Kier alpha value is -1.39. The highest BCUT2D eigenvalue weighted by molar-refractivity contribution is 6.38. The maximum absolute atomic E-state index is 12.2. The average molecular weight is 345 g/mol. The molecule has 2 unspecified atom stereocenters. The van der Waals surface area contributed by atoms with E-state index in [2.05, 4.69) is 16.2 Å². The number of amides is 1. The lowest BCUT2D eigenvalue weighted by Gasteiger charge is -2.24. The number of ether oxygens (including phenoxy) is 1. The van der Waals surface area contributed by atoms with Crippen molar-refractivity contribution in [3.63, 3.8) is 0 Å². The summed E-state index contributed by atoms with van der Waals surface area (Å²) in [6.07, 6.45) is -1.56. The minimum Gasteiger partial charge on any atom is -0.394 e. The first-order chi connectivity index (χ1) is 11.2. The largest absolute Gasteiger partial charge is 0.394 e. The lowest BCUT2D eigenvalue weighted by molar-refractivity contribution is -0.138. The van der Waals surface area contributed by atoms with Crippen LogP contribution in [0.5, 0.6) is 0 Å². The molecular formula is C15H27N3O6. The van der Waals surface area contributed by atoms with Gasteiger partial charge in [0.15, 0.2) is 5.78 Å². The zero-order valence-corrected chi connectivity index (χ0v) is 14.4. The van der Waals surface area contributed by atoms with Crippen molar-refractivity contribution in [2.45, 2.75) is 58.0 Å². The van der Waals surface area contributed by atoms with Crippen LogP contribution in [0.25, 0.3) is 0 Å². The summed E-state index contributed by atoms with van der Waals surface area (Å²) in [5.74, 6) is -1.92. The molecular weight excluding hydrogens is 318 g/mol. The van der Waals surface area contributed by atoms with Crippen LogP contribution in [0.15, 0.2) is 0 Å². The van der Waals surface area contributed by atoms with Crippen molar-refractivity contribution in [3.8, 4) is 0 Å². The van der Waals surface area contributed by atoms with Gasteiger partial charge in [-0.15, -0.1) is 0 Å². The fourth-order valence-electron chi connectivity index (χ4n) is 2.30. The Morgan fingerprint density at radius 3 is 2.33 bits per heavy atom. The minimum absolute atomic E-state index is 0.186. The molecule has 5 N–H and O–H groups in total.